The molecule has 0 atom stereocenters. The van der Waals surface area contributed by atoms with Crippen LogP contribution >= 0.6 is 15.9 Å². The van der Waals surface area contributed by atoms with Gasteiger partial charge >= 0.3 is 0 Å². The van der Waals surface area contributed by atoms with Gasteiger partial charge < -0.3 is 5.11 Å². The van der Waals surface area contributed by atoms with Crippen LogP contribution in [0.1, 0.15) is 0 Å². The summed E-state index contributed by atoms with van der Waals surface area (Å²) in [6.45, 7) is 0. The van der Waals surface area contributed by atoms with Crippen LogP contribution in [0.25, 0.3) is 5.69 Å². The zero-order chi connectivity index (χ0) is 10.1. The van der Waals surface area contributed by atoms with Crippen LogP contribution in [0.3, 0.4) is 0 Å². The molecule has 72 valence electrons. The summed E-state index contributed by atoms with van der Waals surface area (Å²) in [5.41, 5.74) is 0.480. The van der Waals surface area contributed by atoms with Crippen molar-refractivity contribution >= 4 is 15.9 Å². The summed E-state index contributed by atoms with van der Waals surface area (Å²) in [4.78, 5) is 0. The summed E-state index contributed by atoms with van der Waals surface area (Å²) in [5, 5.41) is 13.0. The normalized spacial score (nSPS) is 10.4. The Bertz CT molecular complexity index is 470. The van der Waals surface area contributed by atoms with Gasteiger partial charge in [-0.25, -0.2) is 4.68 Å². The van der Waals surface area contributed by atoms with Crippen LogP contribution in [0.15, 0.2) is 34.9 Å². The first-order chi connectivity index (χ1) is 6.68. The van der Waals surface area contributed by atoms with Crippen molar-refractivity contribution in [2.45, 2.75) is 0 Å². The number of aromatic hydroxyl groups is 1. The van der Waals surface area contributed by atoms with Crippen LogP contribution in [-0.2, 0) is 0 Å². The number of benzene rings is 1. The van der Waals surface area contributed by atoms with E-state index in [0.29, 0.717) is 10.2 Å². The lowest BCUT2D eigenvalue weighted by molar-refractivity contribution is 0.473. The van der Waals surface area contributed by atoms with E-state index in [1.165, 1.54) is 18.3 Å². The zero-order valence-corrected chi connectivity index (χ0v) is 8.57. The summed E-state index contributed by atoms with van der Waals surface area (Å²) < 4.78 is 14.7. The number of rotatable bonds is 1. The number of halogens is 2. The van der Waals surface area contributed by atoms with Crippen LogP contribution < -0.4 is 0 Å². The molecule has 1 aromatic heterocycles. The van der Waals surface area contributed by atoms with Crippen molar-refractivity contribution in [2.24, 2.45) is 0 Å². The van der Waals surface area contributed by atoms with Crippen molar-refractivity contribution in [1.29, 1.82) is 0 Å². The van der Waals surface area contributed by atoms with Gasteiger partial charge in [0, 0.05) is 6.07 Å². The third-order valence-corrected chi connectivity index (χ3v) is 2.28. The highest BCUT2D eigenvalue weighted by Gasteiger charge is 2.09. The second-order valence-electron chi connectivity index (χ2n) is 2.71. The molecule has 2 rings (SSSR count). The van der Waals surface area contributed by atoms with Crippen LogP contribution in [0, 0.1) is 5.95 Å². The standard InChI is InChI=1S/C9H6BrFN2O/c10-8-5-12-13(9(8)11)6-2-1-3-7(14)4-6/h1-5,14H. The molecular weight excluding hydrogens is 251 g/mol. The highest BCUT2D eigenvalue weighted by atomic mass is 79.9. The van der Waals surface area contributed by atoms with Gasteiger partial charge in [-0.3, -0.25) is 0 Å². The number of aromatic nitrogens is 2. The fourth-order valence-corrected chi connectivity index (χ4v) is 1.38. The molecule has 5 heteroatoms. The van der Waals surface area contributed by atoms with Crippen molar-refractivity contribution < 1.29 is 9.50 Å². The topological polar surface area (TPSA) is 38.0 Å². The maximum Gasteiger partial charge on any atom is 0.230 e. The molecule has 0 amide bonds. The summed E-state index contributed by atoms with van der Waals surface area (Å²) in [7, 11) is 0. The number of nitrogens with zero attached hydrogens (tertiary/aromatic N) is 2. The Kier molecular flexibility index (Phi) is 2.25. The number of hydrogen-bond acceptors (Lipinski definition) is 2. The van der Waals surface area contributed by atoms with Gasteiger partial charge in [0.15, 0.2) is 0 Å². The zero-order valence-electron chi connectivity index (χ0n) is 6.98. The van der Waals surface area contributed by atoms with E-state index >= 15 is 0 Å². The number of phenols is 1. The Balaban J connectivity index is 2.55. The fraction of sp³-hybridized carbons (Fsp3) is 0. The summed E-state index contributed by atoms with van der Waals surface area (Å²) >= 11 is 3.01. The minimum absolute atomic E-state index is 0.0773. The van der Waals surface area contributed by atoms with Crippen LogP contribution in [-0.4, -0.2) is 14.9 Å². The van der Waals surface area contributed by atoms with E-state index in [1.54, 1.807) is 12.1 Å². The van der Waals surface area contributed by atoms with Gasteiger partial charge in [0.2, 0.25) is 5.95 Å². The molecule has 0 fully saturated rings. The molecule has 14 heavy (non-hydrogen) atoms. The first kappa shape index (κ1) is 9.21. The second-order valence-corrected chi connectivity index (χ2v) is 3.57. The molecule has 0 aliphatic carbocycles. The van der Waals surface area contributed by atoms with E-state index in [1.807, 2.05) is 0 Å². The first-order valence-electron chi connectivity index (χ1n) is 3.87. The Morgan fingerprint density at radius 1 is 1.43 bits per heavy atom. The summed E-state index contributed by atoms with van der Waals surface area (Å²) in [5.74, 6) is -0.413. The molecule has 0 unspecified atom stereocenters. The van der Waals surface area contributed by atoms with Crippen LogP contribution in [0.5, 0.6) is 5.75 Å². The lowest BCUT2D eigenvalue weighted by atomic mass is 10.3. The first-order valence-corrected chi connectivity index (χ1v) is 4.66. The third-order valence-electron chi connectivity index (χ3n) is 1.74. The molecule has 1 heterocycles. The predicted octanol–water partition coefficient (Wildman–Crippen LogP) is 2.48. The SMILES string of the molecule is Oc1cccc(-n2ncc(Br)c2F)c1. The predicted molar refractivity (Wildman–Crippen MR) is 52.9 cm³/mol. The smallest absolute Gasteiger partial charge is 0.230 e. The van der Waals surface area contributed by atoms with E-state index in [4.69, 9.17) is 0 Å². The third kappa shape index (κ3) is 1.50. The summed E-state index contributed by atoms with van der Waals surface area (Å²) in [6.07, 6.45) is 1.36. The van der Waals surface area contributed by atoms with Crippen molar-refractivity contribution in [3.05, 3.63) is 40.9 Å². The van der Waals surface area contributed by atoms with Gasteiger partial charge in [0.05, 0.1) is 16.4 Å². The molecule has 1 N–H and O–H groups in total. The number of hydrogen-bond donors (Lipinski definition) is 1. The molecule has 0 aliphatic heterocycles. The van der Waals surface area contributed by atoms with E-state index in [0.717, 1.165) is 4.68 Å². The van der Waals surface area contributed by atoms with Gasteiger partial charge in [-0.15, -0.1) is 0 Å². The molecule has 0 bridgehead atoms. The Morgan fingerprint density at radius 3 is 2.79 bits per heavy atom. The Labute approximate surface area is 87.9 Å². The molecule has 0 spiro atoms. The maximum absolute atomic E-state index is 13.4. The average molecular weight is 257 g/mol. The van der Waals surface area contributed by atoms with E-state index in [2.05, 4.69) is 21.0 Å². The average Bonchev–Trinajstić information content (AvgIpc) is 2.48. The highest BCUT2D eigenvalue weighted by molar-refractivity contribution is 9.10. The monoisotopic (exact) mass is 256 g/mol. The van der Waals surface area contributed by atoms with Crippen LogP contribution in [0.2, 0.25) is 0 Å². The molecule has 0 saturated carbocycles. The second kappa shape index (κ2) is 3.42. The van der Waals surface area contributed by atoms with E-state index in [-0.39, 0.29) is 5.75 Å². The van der Waals surface area contributed by atoms with Gasteiger partial charge in [-0.2, -0.15) is 9.49 Å². The lowest BCUT2D eigenvalue weighted by Crippen LogP contribution is -1.98. The van der Waals surface area contributed by atoms with E-state index in [9.17, 15) is 9.50 Å². The fourth-order valence-electron chi connectivity index (χ4n) is 1.12. The van der Waals surface area contributed by atoms with Crippen molar-refractivity contribution in [2.75, 3.05) is 0 Å². The maximum atomic E-state index is 13.4. The minimum atomic E-state index is -0.490. The molecule has 3 nitrogen and oxygen atoms in total. The van der Waals surface area contributed by atoms with Crippen molar-refractivity contribution in [3.8, 4) is 11.4 Å². The largest absolute Gasteiger partial charge is 0.508 e. The Hall–Kier alpha value is -1.36. The molecule has 0 saturated heterocycles. The lowest BCUT2D eigenvalue weighted by Gasteiger charge is -2.01. The Morgan fingerprint density at radius 2 is 2.21 bits per heavy atom. The van der Waals surface area contributed by atoms with Crippen molar-refractivity contribution in [1.82, 2.24) is 9.78 Å². The highest BCUT2D eigenvalue weighted by Crippen LogP contribution is 2.20. The molecule has 0 radical (unpaired) electrons. The van der Waals surface area contributed by atoms with Gasteiger partial charge in [-0.05, 0) is 28.1 Å². The van der Waals surface area contributed by atoms with Gasteiger partial charge in [0.25, 0.3) is 0 Å². The molecule has 0 aliphatic rings. The number of phenolic OH excluding ortho intramolecular Hbond substituents is 1. The van der Waals surface area contributed by atoms with Crippen molar-refractivity contribution in [3.63, 3.8) is 0 Å². The summed E-state index contributed by atoms with van der Waals surface area (Å²) in [6, 6.07) is 6.23. The van der Waals surface area contributed by atoms with Gasteiger partial charge in [-0.1, -0.05) is 6.07 Å². The van der Waals surface area contributed by atoms with E-state index < -0.39 is 5.95 Å². The minimum Gasteiger partial charge on any atom is -0.508 e. The molecule has 2 aromatic rings. The van der Waals surface area contributed by atoms with Gasteiger partial charge in [0.1, 0.15) is 5.75 Å². The quantitative estimate of drug-likeness (QED) is 0.852. The molecule has 1 aromatic carbocycles. The molecular formula is C9H6BrFN2O. The van der Waals surface area contributed by atoms with Crippen LogP contribution in [0.4, 0.5) is 4.39 Å².